The van der Waals surface area contributed by atoms with E-state index < -0.39 is 0 Å². The Morgan fingerprint density at radius 1 is 1.00 bits per heavy atom. The molecule has 7 heteroatoms. The summed E-state index contributed by atoms with van der Waals surface area (Å²) in [4.78, 5) is 30.0. The van der Waals surface area contributed by atoms with Gasteiger partial charge in [-0.15, -0.1) is 11.8 Å². The average molecular weight is 476 g/mol. The fraction of sp³-hybridized carbons (Fsp3) is 0.364. The number of nitrogens with one attached hydrogen (secondary N) is 1. The predicted octanol–water partition coefficient (Wildman–Crippen LogP) is 3.94. The fourth-order valence-electron chi connectivity index (χ4n) is 3.34. The monoisotopic (exact) mass is 475 g/mol. The zero-order valence-corrected chi connectivity index (χ0v) is 19.2. The van der Waals surface area contributed by atoms with E-state index in [1.54, 1.807) is 11.8 Å². The van der Waals surface area contributed by atoms with Crippen LogP contribution in [0.1, 0.15) is 11.1 Å². The van der Waals surface area contributed by atoms with Crippen molar-refractivity contribution in [3.05, 3.63) is 58.1 Å². The van der Waals surface area contributed by atoms with Crippen LogP contribution < -0.4 is 5.32 Å². The SMILES string of the molecule is Cc1cccc(C)c1NC(=O)CN1CCN(C(=O)CSc2ccccc2Br)CC1. The first-order valence-electron chi connectivity index (χ1n) is 9.67. The molecule has 2 aromatic rings. The molecule has 0 radical (unpaired) electrons. The largest absolute Gasteiger partial charge is 0.339 e. The molecule has 0 aliphatic carbocycles. The van der Waals surface area contributed by atoms with Gasteiger partial charge in [0.1, 0.15) is 0 Å². The highest BCUT2D eigenvalue weighted by Gasteiger charge is 2.23. The molecule has 0 aromatic heterocycles. The number of piperazine rings is 1. The smallest absolute Gasteiger partial charge is 0.238 e. The van der Waals surface area contributed by atoms with Crippen molar-refractivity contribution in [2.75, 3.05) is 43.8 Å². The number of hydrogen-bond acceptors (Lipinski definition) is 4. The quantitative estimate of drug-likeness (QED) is 0.642. The van der Waals surface area contributed by atoms with E-state index in [0.29, 0.717) is 38.5 Å². The van der Waals surface area contributed by atoms with Crippen LogP contribution in [0.4, 0.5) is 5.69 Å². The molecule has 0 unspecified atom stereocenters. The lowest BCUT2D eigenvalue weighted by Crippen LogP contribution is -2.50. The van der Waals surface area contributed by atoms with Crippen LogP contribution in [0, 0.1) is 13.8 Å². The maximum atomic E-state index is 12.5. The molecule has 1 aliphatic rings. The van der Waals surface area contributed by atoms with E-state index >= 15 is 0 Å². The van der Waals surface area contributed by atoms with Gasteiger partial charge in [0.05, 0.1) is 12.3 Å². The zero-order valence-electron chi connectivity index (χ0n) is 16.8. The van der Waals surface area contributed by atoms with Crippen LogP contribution in [-0.2, 0) is 9.59 Å². The highest BCUT2D eigenvalue weighted by molar-refractivity contribution is 9.10. The Labute approximate surface area is 185 Å². The Balaban J connectivity index is 1.43. The number of para-hydroxylation sites is 1. The summed E-state index contributed by atoms with van der Waals surface area (Å²) in [5, 5.41) is 3.03. The van der Waals surface area contributed by atoms with E-state index in [0.717, 1.165) is 26.2 Å². The molecule has 5 nitrogen and oxygen atoms in total. The summed E-state index contributed by atoms with van der Waals surface area (Å²) in [6.07, 6.45) is 0. The third kappa shape index (κ3) is 6.07. The minimum absolute atomic E-state index is 0.00772. The van der Waals surface area contributed by atoms with E-state index in [1.807, 2.05) is 61.2 Å². The molecule has 1 N–H and O–H groups in total. The van der Waals surface area contributed by atoms with E-state index in [-0.39, 0.29) is 11.8 Å². The number of anilines is 1. The zero-order chi connectivity index (χ0) is 20.8. The second-order valence-electron chi connectivity index (χ2n) is 7.19. The van der Waals surface area contributed by atoms with Gasteiger partial charge in [0.15, 0.2) is 0 Å². The molecule has 0 atom stereocenters. The maximum Gasteiger partial charge on any atom is 0.238 e. The molecule has 1 heterocycles. The molecule has 1 aliphatic heterocycles. The Morgan fingerprint density at radius 2 is 1.66 bits per heavy atom. The van der Waals surface area contributed by atoms with Gasteiger partial charge in [-0.25, -0.2) is 0 Å². The van der Waals surface area contributed by atoms with Gasteiger partial charge in [0.25, 0.3) is 0 Å². The van der Waals surface area contributed by atoms with Crippen molar-refractivity contribution in [2.24, 2.45) is 0 Å². The molecule has 3 rings (SSSR count). The third-order valence-electron chi connectivity index (χ3n) is 5.03. The summed E-state index contributed by atoms with van der Waals surface area (Å²) in [6.45, 7) is 7.09. The second-order valence-corrected chi connectivity index (χ2v) is 9.06. The minimum Gasteiger partial charge on any atom is -0.339 e. The Kier molecular flexibility index (Phi) is 7.75. The van der Waals surface area contributed by atoms with Gasteiger partial charge in [-0.3, -0.25) is 14.5 Å². The Hall–Kier alpha value is -1.83. The van der Waals surface area contributed by atoms with E-state index in [4.69, 9.17) is 0 Å². The highest BCUT2D eigenvalue weighted by atomic mass is 79.9. The van der Waals surface area contributed by atoms with E-state index in [1.165, 1.54) is 0 Å². The van der Waals surface area contributed by atoms with Crippen LogP contribution in [0.2, 0.25) is 0 Å². The number of aryl methyl sites for hydroxylation is 2. The summed E-state index contributed by atoms with van der Waals surface area (Å²) in [5.41, 5.74) is 3.03. The lowest BCUT2D eigenvalue weighted by Gasteiger charge is -2.34. The van der Waals surface area contributed by atoms with Crippen molar-refractivity contribution in [3.8, 4) is 0 Å². The van der Waals surface area contributed by atoms with Crippen LogP contribution >= 0.6 is 27.7 Å². The molecule has 2 amide bonds. The van der Waals surface area contributed by atoms with Crippen molar-refractivity contribution in [2.45, 2.75) is 18.7 Å². The van der Waals surface area contributed by atoms with Crippen LogP contribution in [-0.4, -0.2) is 60.1 Å². The van der Waals surface area contributed by atoms with Crippen molar-refractivity contribution >= 4 is 45.2 Å². The van der Waals surface area contributed by atoms with Gasteiger partial charge in [0.2, 0.25) is 11.8 Å². The number of amides is 2. The van der Waals surface area contributed by atoms with Gasteiger partial charge in [-0.05, 0) is 53.0 Å². The molecule has 0 saturated carbocycles. The number of thioether (sulfide) groups is 1. The molecular weight excluding hydrogens is 450 g/mol. The molecule has 0 spiro atoms. The molecule has 2 aromatic carbocycles. The van der Waals surface area contributed by atoms with Crippen LogP contribution in [0.5, 0.6) is 0 Å². The van der Waals surface area contributed by atoms with Gasteiger partial charge in [-0.2, -0.15) is 0 Å². The maximum absolute atomic E-state index is 12.5. The number of carbonyl (C=O) groups is 2. The van der Waals surface area contributed by atoms with Crippen molar-refractivity contribution in [1.82, 2.24) is 9.80 Å². The molecule has 29 heavy (non-hydrogen) atoms. The molecule has 154 valence electrons. The summed E-state index contributed by atoms with van der Waals surface area (Å²) in [5.74, 6) is 0.562. The minimum atomic E-state index is -0.00772. The Bertz CT molecular complexity index is 862. The van der Waals surface area contributed by atoms with Crippen molar-refractivity contribution < 1.29 is 9.59 Å². The topological polar surface area (TPSA) is 52.7 Å². The number of rotatable bonds is 6. The summed E-state index contributed by atoms with van der Waals surface area (Å²) in [7, 11) is 0. The summed E-state index contributed by atoms with van der Waals surface area (Å²) >= 11 is 5.06. The summed E-state index contributed by atoms with van der Waals surface area (Å²) < 4.78 is 1.01. The molecule has 1 fully saturated rings. The van der Waals surface area contributed by atoms with Gasteiger partial charge < -0.3 is 10.2 Å². The standard InChI is InChI=1S/C22H26BrN3O2S/c1-16-6-5-7-17(2)22(16)24-20(27)14-25-10-12-26(13-11-25)21(28)15-29-19-9-4-3-8-18(19)23/h3-9H,10-15H2,1-2H3,(H,24,27). The summed E-state index contributed by atoms with van der Waals surface area (Å²) in [6, 6.07) is 13.9. The van der Waals surface area contributed by atoms with E-state index in [9.17, 15) is 9.59 Å². The number of benzene rings is 2. The third-order valence-corrected chi connectivity index (χ3v) is 7.04. The average Bonchev–Trinajstić information content (AvgIpc) is 2.70. The predicted molar refractivity (Wildman–Crippen MR) is 122 cm³/mol. The van der Waals surface area contributed by atoms with Gasteiger partial charge in [0, 0.05) is 41.2 Å². The molecule has 1 saturated heterocycles. The normalized spacial score (nSPS) is 14.7. The number of nitrogens with zero attached hydrogens (tertiary/aromatic N) is 2. The fourth-order valence-corrected chi connectivity index (χ4v) is 4.81. The first-order chi connectivity index (χ1) is 13.9. The van der Waals surface area contributed by atoms with Crippen LogP contribution in [0.15, 0.2) is 51.8 Å². The van der Waals surface area contributed by atoms with Gasteiger partial charge >= 0.3 is 0 Å². The number of hydrogen-bond donors (Lipinski definition) is 1. The van der Waals surface area contributed by atoms with Gasteiger partial charge in [-0.1, -0.05) is 30.3 Å². The van der Waals surface area contributed by atoms with E-state index in [2.05, 4.69) is 26.1 Å². The lowest BCUT2D eigenvalue weighted by molar-refractivity contribution is -0.130. The van der Waals surface area contributed by atoms with Crippen LogP contribution in [0.25, 0.3) is 0 Å². The Morgan fingerprint density at radius 3 is 2.31 bits per heavy atom. The number of halogens is 1. The molecular formula is C22H26BrN3O2S. The van der Waals surface area contributed by atoms with Crippen molar-refractivity contribution in [3.63, 3.8) is 0 Å². The van der Waals surface area contributed by atoms with Crippen molar-refractivity contribution in [1.29, 1.82) is 0 Å². The highest BCUT2D eigenvalue weighted by Crippen LogP contribution is 2.27. The lowest BCUT2D eigenvalue weighted by atomic mass is 10.1. The first-order valence-corrected chi connectivity index (χ1v) is 11.5. The second kappa shape index (κ2) is 10.3. The first kappa shape index (κ1) is 21.9. The number of carbonyl (C=O) groups excluding carboxylic acids is 2. The molecule has 0 bridgehead atoms. The van der Waals surface area contributed by atoms with Crippen LogP contribution in [0.3, 0.4) is 0 Å².